The van der Waals surface area contributed by atoms with Gasteiger partial charge in [-0.3, -0.25) is 0 Å². The van der Waals surface area contributed by atoms with Gasteiger partial charge in [0.1, 0.15) is 11.9 Å². The number of aryl methyl sites for hydroxylation is 1. The molecule has 0 amide bonds. The first-order valence-electron chi connectivity index (χ1n) is 6.23. The van der Waals surface area contributed by atoms with E-state index in [2.05, 4.69) is 15.0 Å². The van der Waals surface area contributed by atoms with Crippen LogP contribution in [-0.4, -0.2) is 26.7 Å². The average Bonchev–Trinajstić information content (AvgIpc) is 2.86. The molecule has 0 aliphatic carbocycles. The van der Waals surface area contributed by atoms with Crippen LogP contribution in [0.5, 0.6) is 5.75 Å². The van der Waals surface area contributed by atoms with E-state index in [9.17, 15) is 13.9 Å². The fraction of sp³-hybridized carbons (Fsp3) is 0.385. The van der Waals surface area contributed by atoms with Crippen molar-refractivity contribution in [2.45, 2.75) is 32.6 Å². The predicted octanol–water partition coefficient (Wildman–Crippen LogP) is 2.37. The molecule has 0 radical (unpaired) electrons. The number of aromatic nitrogens is 3. The highest BCUT2D eigenvalue weighted by Gasteiger charge is 2.21. The second kappa shape index (κ2) is 6.42. The largest absolute Gasteiger partial charge is 0.434 e. The van der Waals surface area contributed by atoms with E-state index in [0.717, 1.165) is 6.42 Å². The molecule has 2 rings (SSSR count). The number of hydrogen-bond donors (Lipinski definition) is 1. The summed E-state index contributed by atoms with van der Waals surface area (Å²) in [4.78, 5) is 0. The Labute approximate surface area is 114 Å². The van der Waals surface area contributed by atoms with Gasteiger partial charge in [-0.05, 0) is 12.5 Å². The van der Waals surface area contributed by atoms with Crippen molar-refractivity contribution in [2.75, 3.05) is 0 Å². The first-order chi connectivity index (χ1) is 9.63. The van der Waals surface area contributed by atoms with Gasteiger partial charge in [-0.1, -0.05) is 30.3 Å². The van der Waals surface area contributed by atoms with Crippen molar-refractivity contribution in [1.82, 2.24) is 15.0 Å². The maximum Gasteiger partial charge on any atom is 0.387 e. The van der Waals surface area contributed by atoms with Crippen molar-refractivity contribution in [3.63, 3.8) is 0 Å². The number of nitrogens with zero attached hydrogens (tertiary/aromatic N) is 3. The Morgan fingerprint density at radius 3 is 2.80 bits per heavy atom. The van der Waals surface area contributed by atoms with Gasteiger partial charge in [0.25, 0.3) is 0 Å². The Morgan fingerprint density at radius 1 is 1.35 bits per heavy atom. The molecule has 0 spiro atoms. The van der Waals surface area contributed by atoms with E-state index in [4.69, 9.17) is 0 Å². The minimum Gasteiger partial charge on any atom is -0.434 e. The van der Waals surface area contributed by atoms with Gasteiger partial charge in [-0.2, -0.15) is 8.78 Å². The standard InChI is InChI=1S/C13H15F2N3O2/c1-2-7-18-10(8-16-17-18)12(19)9-5-3-4-6-11(9)20-13(14)15/h3-6,8,12-13,19H,2,7H2,1H3. The van der Waals surface area contributed by atoms with Crippen molar-refractivity contribution in [3.05, 3.63) is 41.7 Å². The molecule has 1 unspecified atom stereocenters. The summed E-state index contributed by atoms with van der Waals surface area (Å²) in [5.74, 6) is -0.0563. The van der Waals surface area contributed by atoms with Crippen LogP contribution in [0.3, 0.4) is 0 Å². The Morgan fingerprint density at radius 2 is 2.10 bits per heavy atom. The number of ether oxygens (including phenoxy) is 1. The van der Waals surface area contributed by atoms with Crippen molar-refractivity contribution in [3.8, 4) is 5.75 Å². The topological polar surface area (TPSA) is 60.2 Å². The molecule has 20 heavy (non-hydrogen) atoms. The lowest BCUT2D eigenvalue weighted by Crippen LogP contribution is -2.12. The zero-order valence-electron chi connectivity index (χ0n) is 10.9. The fourth-order valence-corrected chi connectivity index (χ4v) is 1.93. The Kier molecular flexibility index (Phi) is 4.62. The van der Waals surface area contributed by atoms with Crippen LogP contribution in [0.2, 0.25) is 0 Å². The van der Waals surface area contributed by atoms with Crippen molar-refractivity contribution in [1.29, 1.82) is 0 Å². The molecule has 1 aromatic heterocycles. The molecule has 0 saturated carbocycles. The molecule has 7 heteroatoms. The molecule has 1 heterocycles. The third-order valence-electron chi connectivity index (χ3n) is 2.79. The van der Waals surface area contributed by atoms with Crippen LogP contribution in [-0.2, 0) is 6.54 Å². The first kappa shape index (κ1) is 14.4. The number of aliphatic hydroxyl groups excluding tert-OH is 1. The number of alkyl halides is 2. The highest BCUT2D eigenvalue weighted by atomic mass is 19.3. The first-order valence-corrected chi connectivity index (χ1v) is 6.23. The van der Waals surface area contributed by atoms with Gasteiger partial charge in [0.05, 0.1) is 11.9 Å². The van der Waals surface area contributed by atoms with Gasteiger partial charge in [0.2, 0.25) is 0 Å². The molecule has 5 nitrogen and oxygen atoms in total. The third-order valence-corrected chi connectivity index (χ3v) is 2.79. The number of benzene rings is 1. The van der Waals surface area contributed by atoms with Crippen molar-refractivity contribution < 1.29 is 18.6 Å². The molecule has 2 aromatic rings. The van der Waals surface area contributed by atoms with E-state index < -0.39 is 12.7 Å². The van der Waals surface area contributed by atoms with E-state index >= 15 is 0 Å². The molecule has 1 N–H and O–H groups in total. The van der Waals surface area contributed by atoms with E-state index in [1.165, 1.54) is 18.3 Å². The van der Waals surface area contributed by atoms with Gasteiger partial charge in [-0.15, -0.1) is 5.10 Å². The van der Waals surface area contributed by atoms with Crippen LogP contribution in [0.1, 0.15) is 30.7 Å². The van der Waals surface area contributed by atoms with Crippen LogP contribution in [0.25, 0.3) is 0 Å². The molecular formula is C13H15F2N3O2. The Bertz CT molecular complexity index is 560. The van der Waals surface area contributed by atoms with Crippen molar-refractivity contribution in [2.24, 2.45) is 0 Å². The van der Waals surface area contributed by atoms with Crippen LogP contribution >= 0.6 is 0 Å². The monoisotopic (exact) mass is 283 g/mol. The molecular weight excluding hydrogens is 268 g/mol. The summed E-state index contributed by atoms with van der Waals surface area (Å²) in [6.45, 7) is -0.391. The lowest BCUT2D eigenvalue weighted by molar-refractivity contribution is -0.0513. The van der Waals surface area contributed by atoms with Gasteiger partial charge in [0, 0.05) is 12.1 Å². The Hall–Kier alpha value is -2.02. The maximum atomic E-state index is 12.4. The highest BCUT2D eigenvalue weighted by molar-refractivity contribution is 5.38. The van der Waals surface area contributed by atoms with Gasteiger partial charge >= 0.3 is 6.61 Å². The van der Waals surface area contributed by atoms with E-state index in [1.807, 2.05) is 6.92 Å². The molecule has 1 atom stereocenters. The normalized spacial score (nSPS) is 12.7. The predicted molar refractivity (Wildman–Crippen MR) is 67.4 cm³/mol. The summed E-state index contributed by atoms with van der Waals surface area (Å²) in [5.41, 5.74) is 0.699. The molecule has 0 aliphatic heterocycles. The minimum absolute atomic E-state index is 0.0563. The maximum absolute atomic E-state index is 12.4. The van der Waals surface area contributed by atoms with E-state index in [1.54, 1.807) is 16.8 Å². The molecule has 0 aliphatic rings. The smallest absolute Gasteiger partial charge is 0.387 e. The van der Waals surface area contributed by atoms with Crippen LogP contribution in [0.15, 0.2) is 30.5 Å². The number of halogens is 2. The van der Waals surface area contributed by atoms with Crippen LogP contribution in [0, 0.1) is 0 Å². The number of aliphatic hydroxyl groups is 1. The second-order valence-electron chi connectivity index (χ2n) is 4.20. The molecule has 108 valence electrons. The highest BCUT2D eigenvalue weighted by Crippen LogP contribution is 2.30. The fourth-order valence-electron chi connectivity index (χ4n) is 1.93. The lowest BCUT2D eigenvalue weighted by Gasteiger charge is -2.16. The second-order valence-corrected chi connectivity index (χ2v) is 4.20. The minimum atomic E-state index is -2.94. The van der Waals surface area contributed by atoms with Gasteiger partial charge in [0.15, 0.2) is 0 Å². The lowest BCUT2D eigenvalue weighted by atomic mass is 10.1. The van der Waals surface area contributed by atoms with Crippen LogP contribution < -0.4 is 4.74 Å². The molecule has 0 saturated heterocycles. The van der Waals surface area contributed by atoms with E-state index in [-0.39, 0.29) is 11.3 Å². The number of rotatable bonds is 6. The molecule has 0 bridgehead atoms. The van der Waals surface area contributed by atoms with Gasteiger partial charge in [-0.25, -0.2) is 4.68 Å². The average molecular weight is 283 g/mol. The summed E-state index contributed by atoms with van der Waals surface area (Å²) in [6, 6.07) is 6.13. The van der Waals surface area contributed by atoms with Crippen molar-refractivity contribution >= 4 is 0 Å². The number of hydrogen-bond acceptors (Lipinski definition) is 4. The van der Waals surface area contributed by atoms with Gasteiger partial charge < -0.3 is 9.84 Å². The third kappa shape index (κ3) is 3.11. The Balaban J connectivity index is 2.32. The SMILES string of the molecule is CCCn1nncc1C(O)c1ccccc1OC(F)F. The summed E-state index contributed by atoms with van der Waals surface area (Å²) in [7, 11) is 0. The van der Waals surface area contributed by atoms with Crippen LogP contribution in [0.4, 0.5) is 8.78 Å². The quantitative estimate of drug-likeness (QED) is 0.884. The summed E-state index contributed by atoms with van der Waals surface area (Å²) in [6.07, 6.45) is 1.11. The summed E-state index contributed by atoms with van der Waals surface area (Å²) in [5, 5.41) is 18.0. The summed E-state index contributed by atoms with van der Waals surface area (Å²) < 4.78 is 30.7. The molecule has 1 aromatic carbocycles. The zero-order chi connectivity index (χ0) is 14.5. The molecule has 0 fully saturated rings. The summed E-state index contributed by atoms with van der Waals surface area (Å²) >= 11 is 0. The number of para-hydroxylation sites is 1. The van der Waals surface area contributed by atoms with E-state index in [0.29, 0.717) is 12.2 Å². The zero-order valence-corrected chi connectivity index (χ0v) is 10.9.